The van der Waals surface area contributed by atoms with E-state index in [1.54, 1.807) is 24.8 Å². The lowest BCUT2D eigenvalue weighted by atomic mass is 10.1. The van der Waals surface area contributed by atoms with Gasteiger partial charge in [0.15, 0.2) is 0 Å². The summed E-state index contributed by atoms with van der Waals surface area (Å²) in [6, 6.07) is 9.42. The number of aromatic nitrogens is 1. The van der Waals surface area contributed by atoms with Crippen LogP contribution in [0.15, 0.2) is 56.8 Å². The van der Waals surface area contributed by atoms with Gasteiger partial charge in [-0.2, -0.15) is 5.10 Å². The van der Waals surface area contributed by atoms with E-state index in [0.29, 0.717) is 11.5 Å². The molecule has 1 amide bonds. The molecule has 0 spiro atoms. The highest BCUT2D eigenvalue weighted by Gasteiger charge is 2.27. The van der Waals surface area contributed by atoms with E-state index in [2.05, 4.69) is 26.5 Å². The first-order valence-corrected chi connectivity index (χ1v) is 8.46. The van der Waals surface area contributed by atoms with Crippen molar-refractivity contribution in [3.63, 3.8) is 0 Å². The first kappa shape index (κ1) is 15.1. The summed E-state index contributed by atoms with van der Waals surface area (Å²) in [5.74, 6) is 0.223. The van der Waals surface area contributed by atoms with E-state index in [9.17, 15) is 4.79 Å². The van der Waals surface area contributed by atoms with Gasteiger partial charge in [0.2, 0.25) is 0 Å². The summed E-state index contributed by atoms with van der Waals surface area (Å²) in [7, 11) is 0. The second kappa shape index (κ2) is 6.20. The van der Waals surface area contributed by atoms with Crippen LogP contribution in [0.3, 0.4) is 0 Å². The van der Waals surface area contributed by atoms with Gasteiger partial charge in [-0.1, -0.05) is 15.9 Å². The molecule has 0 radical (unpaired) electrons. The maximum absolute atomic E-state index is 12.6. The Hall–Kier alpha value is -2.47. The molecule has 1 N–H and O–H groups in total. The number of nitrogens with zero attached hydrogens (tertiary/aromatic N) is 2. The molecule has 5 nitrogen and oxygen atoms in total. The third kappa shape index (κ3) is 3.10. The zero-order chi connectivity index (χ0) is 16.5. The van der Waals surface area contributed by atoms with Gasteiger partial charge in [0, 0.05) is 27.0 Å². The fourth-order valence-electron chi connectivity index (χ4n) is 2.57. The Labute approximate surface area is 146 Å². The van der Waals surface area contributed by atoms with E-state index in [1.807, 2.05) is 24.3 Å². The SMILES string of the molecule is O=C(N/N=C\c1ccoc1)c1cc(C2CC2)nc2ccc(Br)cc12. The van der Waals surface area contributed by atoms with E-state index in [-0.39, 0.29) is 5.91 Å². The molecule has 0 atom stereocenters. The highest BCUT2D eigenvalue weighted by Crippen LogP contribution is 2.40. The molecular weight excluding hydrogens is 370 g/mol. The Morgan fingerprint density at radius 2 is 2.21 bits per heavy atom. The van der Waals surface area contributed by atoms with E-state index in [1.165, 1.54) is 0 Å². The molecule has 24 heavy (non-hydrogen) atoms. The third-order valence-electron chi connectivity index (χ3n) is 3.95. The average Bonchev–Trinajstić information content (AvgIpc) is 3.31. The molecule has 1 aliphatic carbocycles. The summed E-state index contributed by atoms with van der Waals surface area (Å²) >= 11 is 3.45. The van der Waals surface area contributed by atoms with E-state index in [4.69, 9.17) is 9.40 Å². The van der Waals surface area contributed by atoms with Crippen LogP contribution in [-0.2, 0) is 0 Å². The number of hydrogen-bond donors (Lipinski definition) is 1. The van der Waals surface area contributed by atoms with Gasteiger partial charge in [-0.3, -0.25) is 9.78 Å². The largest absolute Gasteiger partial charge is 0.472 e. The van der Waals surface area contributed by atoms with Crippen molar-refractivity contribution in [1.29, 1.82) is 0 Å². The number of carbonyl (C=O) groups is 1. The third-order valence-corrected chi connectivity index (χ3v) is 4.45. The number of amides is 1. The van der Waals surface area contributed by atoms with Crippen LogP contribution >= 0.6 is 15.9 Å². The summed E-state index contributed by atoms with van der Waals surface area (Å²) < 4.78 is 5.87. The van der Waals surface area contributed by atoms with Crippen molar-refractivity contribution in [1.82, 2.24) is 10.4 Å². The molecule has 0 saturated heterocycles. The first-order valence-electron chi connectivity index (χ1n) is 7.66. The monoisotopic (exact) mass is 383 g/mol. The molecule has 1 aromatic carbocycles. The van der Waals surface area contributed by atoms with E-state index >= 15 is 0 Å². The maximum Gasteiger partial charge on any atom is 0.272 e. The van der Waals surface area contributed by atoms with Crippen LogP contribution < -0.4 is 5.43 Å². The topological polar surface area (TPSA) is 67.5 Å². The van der Waals surface area contributed by atoms with E-state index in [0.717, 1.165) is 39.5 Å². The van der Waals surface area contributed by atoms with Crippen LogP contribution in [0.1, 0.15) is 40.4 Å². The number of fused-ring (bicyclic) bond motifs is 1. The van der Waals surface area contributed by atoms with Gasteiger partial charge in [0.1, 0.15) is 0 Å². The number of furan rings is 1. The lowest BCUT2D eigenvalue weighted by Crippen LogP contribution is -2.18. The number of nitrogens with one attached hydrogen (secondary N) is 1. The summed E-state index contributed by atoms with van der Waals surface area (Å²) in [6.45, 7) is 0. The van der Waals surface area contributed by atoms with Crippen molar-refractivity contribution in [2.75, 3.05) is 0 Å². The van der Waals surface area contributed by atoms with Crippen LogP contribution in [0.25, 0.3) is 10.9 Å². The molecule has 4 rings (SSSR count). The van der Waals surface area contributed by atoms with Crippen molar-refractivity contribution in [3.8, 4) is 0 Å². The lowest BCUT2D eigenvalue weighted by molar-refractivity contribution is 0.0956. The molecular formula is C18H14BrN3O2. The van der Waals surface area contributed by atoms with Crippen molar-refractivity contribution < 1.29 is 9.21 Å². The molecule has 0 bridgehead atoms. The summed E-state index contributed by atoms with van der Waals surface area (Å²) in [4.78, 5) is 17.3. The predicted octanol–water partition coefficient (Wildman–Crippen LogP) is 4.23. The minimum Gasteiger partial charge on any atom is -0.472 e. The number of pyridine rings is 1. The van der Waals surface area contributed by atoms with Gasteiger partial charge in [0.25, 0.3) is 5.91 Å². The van der Waals surface area contributed by atoms with Crippen LogP contribution in [0.2, 0.25) is 0 Å². The predicted molar refractivity (Wildman–Crippen MR) is 95.2 cm³/mol. The van der Waals surface area contributed by atoms with Crippen LogP contribution in [0, 0.1) is 0 Å². The highest BCUT2D eigenvalue weighted by molar-refractivity contribution is 9.10. The summed E-state index contributed by atoms with van der Waals surface area (Å²) in [5.41, 5.74) is 5.77. The van der Waals surface area contributed by atoms with Gasteiger partial charge in [0.05, 0.1) is 29.8 Å². The fourth-order valence-corrected chi connectivity index (χ4v) is 2.93. The Bertz CT molecular complexity index is 931. The second-order valence-corrected chi connectivity index (χ2v) is 6.70. The van der Waals surface area contributed by atoms with Gasteiger partial charge in [-0.05, 0) is 43.2 Å². The van der Waals surface area contributed by atoms with Crippen LogP contribution in [-0.4, -0.2) is 17.1 Å². The number of benzene rings is 1. The number of carbonyl (C=O) groups excluding carboxylic acids is 1. The van der Waals surface area contributed by atoms with Crippen molar-refractivity contribution in [3.05, 3.63) is 64.2 Å². The molecule has 6 heteroatoms. The summed E-state index contributed by atoms with van der Waals surface area (Å²) in [5, 5.41) is 4.80. The lowest BCUT2D eigenvalue weighted by Gasteiger charge is -2.08. The Balaban J connectivity index is 1.68. The molecule has 0 aliphatic heterocycles. The Morgan fingerprint density at radius 1 is 1.33 bits per heavy atom. The smallest absolute Gasteiger partial charge is 0.272 e. The summed E-state index contributed by atoms with van der Waals surface area (Å²) in [6.07, 6.45) is 6.92. The van der Waals surface area contributed by atoms with Crippen LogP contribution in [0.4, 0.5) is 0 Å². The number of hydrogen-bond acceptors (Lipinski definition) is 4. The van der Waals surface area contributed by atoms with Crippen molar-refractivity contribution in [2.24, 2.45) is 5.10 Å². The molecule has 1 aliphatic rings. The molecule has 2 aromatic heterocycles. The van der Waals surface area contributed by atoms with Gasteiger partial charge < -0.3 is 4.42 Å². The minimum atomic E-state index is -0.248. The first-order chi connectivity index (χ1) is 11.7. The molecule has 2 heterocycles. The van der Waals surface area contributed by atoms with Gasteiger partial charge in [-0.25, -0.2) is 5.43 Å². The Kier molecular flexibility index (Phi) is 3.90. The van der Waals surface area contributed by atoms with Crippen LogP contribution in [0.5, 0.6) is 0 Å². The second-order valence-electron chi connectivity index (χ2n) is 5.79. The molecule has 1 fully saturated rings. The Morgan fingerprint density at radius 3 is 2.96 bits per heavy atom. The average molecular weight is 384 g/mol. The zero-order valence-corrected chi connectivity index (χ0v) is 14.3. The highest BCUT2D eigenvalue weighted by atomic mass is 79.9. The van der Waals surface area contributed by atoms with Crippen molar-refractivity contribution >= 4 is 39.0 Å². The molecule has 1 saturated carbocycles. The normalized spacial score (nSPS) is 14.4. The van der Waals surface area contributed by atoms with Crippen molar-refractivity contribution in [2.45, 2.75) is 18.8 Å². The van der Waals surface area contributed by atoms with E-state index < -0.39 is 0 Å². The number of hydrazone groups is 1. The van der Waals surface area contributed by atoms with Gasteiger partial charge in [-0.15, -0.1) is 0 Å². The molecule has 0 unspecified atom stereocenters. The molecule has 120 valence electrons. The van der Waals surface area contributed by atoms with Gasteiger partial charge >= 0.3 is 0 Å². The number of rotatable bonds is 4. The standard InChI is InChI=1S/C18H14BrN3O2/c19-13-3-4-16-14(7-13)15(8-17(21-16)12-1-2-12)18(23)22-20-9-11-5-6-24-10-11/h3-10,12H,1-2H2,(H,22,23)/b20-9-. The zero-order valence-electron chi connectivity index (χ0n) is 12.7. The quantitative estimate of drug-likeness (QED) is 0.541. The fraction of sp³-hybridized carbons (Fsp3) is 0.167. The minimum absolute atomic E-state index is 0.248. The molecule has 3 aromatic rings. The number of halogens is 1. The maximum atomic E-state index is 12.6.